The van der Waals surface area contributed by atoms with Crippen LogP contribution in [-0.4, -0.2) is 65.9 Å². The number of hydrogen-bond donors (Lipinski definition) is 2. The van der Waals surface area contributed by atoms with Crippen molar-refractivity contribution in [1.29, 1.82) is 0 Å². The van der Waals surface area contributed by atoms with Crippen molar-refractivity contribution in [3.05, 3.63) is 70.2 Å². The molecule has 0 bridgehead atoms. The number of hydrogen-bond acceptors (Lipinski definition) is 6. The molecule has 0 aromatic heterocycles. The van der Waals surface area contributed by atoms with Gasteiger partial charge in [-0.1, -0.05) is 52.3 Å². The molecular weight excluding hydrogens is 578 g/mol. The SMILES string of the molecule is C[C@@H](CN[C@H]1COc2c(C(=O)O)cccc2N(Cc2ccc(Br)c3ccccc23)C1=O)N(C)C(=O)OC(C)(C)C. The molecule has 0 saturated carbocycles. The number of rotatable bonds is 7. The molecule has 0 unspecified atom stereocenters. The molecule has 9 nitrogen and oxygen atoms in total. The number of amides is 2. The third-order valence-electron chi connectivity index (χ3n) is 6.77. The van der Waals surface area contributed by atoms with Crippen LogP contribution in [0.25, 0.3) is 10.8 Å². The van der Waals surface area contributed by atoms with Gasteiger partial charge in [0, 0.05) is 24.1 Å². The van der Waals surface area contributed by atoms with E-state index in [9.17, 15) is 19.5 Å². The summed E-state index contributed by atoms with van der Waals surface area (Å²) in [4.78, 5) is 41.6. The molecule has 212 valence electrons. The van der Waals surface area contributed by atoms with Gasteiger partial charge in [-0.05, 0) is 62.2 Å². The van der Waals surface area contributed by atoms with Crippen LogP contribution in [0.2, 0.25) is 0 Å². The Bertz CT molecular complexity index is 1440. The van der Waals surface area contributed by atoms with Gasteiger partial charge in [-0.2, -0.15) is 0 Å². The standard InChI is InChI=1S/C30H34BrN3O6/c1-18(33(5)29(38)40-30(2,3)4)15-32-24-17-39-26-22(28(36)37)11-8-12-25(26)34(27(24)35)16-19-13-14-23(31)21-10-7-6-9-20(19)21/h6-14,18,24,32H,15-17H2,1-5H3,(H,36,37)/t18-,24-/m0/s1. The molecule has 0 spiro atoms. The highest BCUT2D eigenvalue weighted by Gasteiger charge is 2.34. The summed E-state index contributed by atoms with van der Waals surface area (Å²) in [6.45, 7) is 7.67. The third kappa shape index (κ3) is 6.39. The number of nitrogens with one attached hydrogen (secondary N) is 1. The van der Waals surface area contributed by atoms with Crippen LogP contribution < -0.4 is 15.0 Å². The second kappa shape index (κ2) is 11.9. The number of ether oxygens (including phenoxy) is 2. The molecule has 2 atom stereocenters. The van der Waals surface area contributed by atoms with E-state index in [1.165, 1.54) is 11.0 Å². The lowest BCUT2D eigenvalue weighted by atomic mass is 10.0. The Balaban J connectivity index is 1.64. The second-order valence-corrected chi connectivity index (χ2v) is 11.7. The minimum atomic E-state index is -1.14. The number of fused-ring (bicyclic) bond motifs is 2. The fourth-order valence-electron chi connectivity index (χ4n) is 4.51. The Morgan fingerprint density at radius 1 is 1.15 bits per heavy atom. The first-order chi connectivity index (χ1) is 18.9. The lowest BCUT2D eigenvalue weighted by Crippen LogP contribution is -2.52. The van der Waals surface area contributed by atoms with E-state index in [1.54, 1.807) is 44.9 Å². The van der Waals surface area contributed by atoms with E-state index in [2.05, 4.69) is 21.2 Å². The van der Waals surface area contributed by atoms with Crippen LogP contribution in [0.3, 0.4) is 0 Å². The van der Waals surface area contributed by atoms with Gasteiger partial charge in [0.15, 0.2) is 5.75 Å². The zero-order chi connectivity index (χ0) is 29.2. The van der Waals surface area contributed by atoms with Crippen LogP contribution >= 0.6 is 15.9 Å². The molecule has 0 saturated heterocycles. The quantitative estimate of drug-likeness (QED) is 0.366. The first-order valence-corrected chi connectivity index (χ1v) is 13.8. The van der Waals surface area contributed by atoms with Crippen molar-refractivity contribution in [2.75, 3.05) is 25.1 Å². The van der Waals surface area contributed by atoms with E-state index in [-0.39, 0.29) is 43.0 Å². The number of para-hydroxylation sites is 1. The van der Waals surface area contributed by atoms with E-state index in [4.69, 9.17) is 9.47 Å². The van der Waals surface area contributed by atoms with Crippen molar-refractivity contribution in [2.45, 2.75) is 51.9 Å². The zero-order valence-corrected chi connectivity index (χ0v) is 24.8. The van der Waals surface area contributed by atoms with Gasteiger partial charge in [0.05, 0.1) is 12.2 Å². The summed E-state index contributed by atoms with van der Waals surface area (Å²) in [7, 11) is 1.64. The van der Waals surface area contributed by atoms with Gasteiger partial charge < -0.3 is 29.7 Å². The highest BCUT2D eigenvalue weighted by atomic mass is 79.9. The summed E-state index contributed by atoms with van der Waals surface area (Å²) in [6.07, 6.45) is -0.465. The predicted molar refractivity (Wildman–Crippen MR) is 157 cm³/mol. The average Bonchev–Trinajstić information content (AvgIpc) is 3.03. The van der Waals surface area contributed by atoms with Crippen LogP contribution in [0.1, 0.15) is 43.6 Å². The molecule has 40 heavy (non-hydrogen) atoms. The summed E-state index contributed by atoms with van der Waals surface area (Å²) in [5.41, 5.74) is 0.641. The first kappa shape index (κ1) is 29.4. The monoisotopic (exact) mass is 611 g/mol. The number of halogens is 1. The Morgan fingerprint density at radius 3 is 2.52 bits per heavy atom. The number of likely N-dealkylation sites (N-methyl/N-ethyl adjacent to an activating group) is 1. The van der Waals surface area contributed by atoms with E-state index in [0.29, 0.717) is 5.69 Å². The molecule has 3 aromatic carbocycles. The Kier molecular flexibility index (Phi) is 8.70. The molecule has 0 fully saturated rings. The Morgan fingerprint density at radius 2 is 1.85 bits per heavy atom. The fourth-order valence-corrected chi connectivity index (χ4v) is 4.99. The molecule has 3 aromatic rings. The number of carbonyl (C=O) groups is 3. The van der Waals surface area contributed by atoms with Gasteiger partial charge in [-0.15, -0.1) is 0 Å². The van der Waals surface area contributed by atoms with E-state index in [1.807, 2.05) is 43.3 Å². The molecule has 1 heterocycles. The lowest BCUT2D eigenvalue weighted by Gasteiger charge is -2.30. The largest absolute Gasteiger partial charge is 0.488 e. The predicted octanol–water partition coefficient (Wildman–Crippen LogP) is 5.44. The van der Waals surface area contributed by atoms with Crippen molar-refractivity contribution in [2.24, 2.45) is 0 Å². The normalized spacial score (nSPS) is 16.1. The molecule has 10 heteroatoms. The van der Waals surface area contributed by atoms with Gasteiger partial charge >= 0.3 is 12.1 Å². The second-order valence-electron chi connectivity index (χ2n) is 10.8. The van der Waals surface area contributed by atoms with Crippen LogP contribution in [0.15, 0.2) is 59.1 Å². The molecule has 2 amide bonds. The van der Waals surface area contributed by atoms with Crippen LogP contribution in [0, 0.1) is 0 Å². The van der Waals surface area contributed by atoms with Crippen molar-refractivity contribution in [1.82, 2.24) is 10.2 Å². The average molecular weight is 613 g/mol. The number of anilines is 1. The number of benzene rings is 3. The van der Waals surface area contributed by atoms with E-state index >= 15 is 0 Å². The Hall–Kier alpha value is -3.63. The summed E-state index contributed by atoms with van der Waals surface area (Å²) < 4.78 is 12.4. The van der Waals surface area contributed by atoms with E-state index in [0.717, 1.165) is 20.8 Å². The number of nitrogens with zero attached hydrogens (tertiary/aromatic N) is 2. The zero-order valence-electron chi connectivity index (χ0n) is 23.2. The highest BCUT2D eigenvalue weighted by molar-refractivity contribution is 9.10. The molecule has 0 radical (unpaired) electrons. The van der Waals surface area contributed by atoms with Gasteiger partial charge in [0.25, 0.3) is 0 Å². The lowest BCUT2D eigenvalue weighted by molar-refractivity contribution is -0.121. The number of carbonyl (C=O) groups excluding carboxylic acids is 2. The molecule has 2 N–H and O–H groups in total. The summed E-state index contributed by atoms with van der Waals surface area (Å²) in [5, 5.41) is 15.0. The molecule has 4 rings (SSSR count). The van der Waals surface area contributed by atoms with Crippen molar-refractivity contribution in [3.63, 3.8) is 0 Å². The van der Waals surface area contributed by atoms with Crippen molar-refractivity contribution >= 4 is 50.4 Å². The molecule has 0 aliphatic carbocycles. The summed E-state index contributed by atoms with van der Waals surface area (Å²) in [6, 6.07) is 15.5. The fraction of sp³-hybridized carbons (Fsp3) is 0.367. The maximum absolute atomic E-state index is 14.0. The smallest absolute Gasteiger partial charge is 0.410 e. The van der Waals surface area contributed by atoms with Gasteiger partial charge in [-0.3, -0.25) is 4.79 Å². The molecule has 1 aliphatic rings. The number of carboxylic acid groups (broad SMARTS) is 1. The maximum atomic E-state index is 14.0. The van der Waals surface area contributed by atoms with Crippen molar-refractivity contribution in [3.8, 4) is 5.75 Å². The molecule has 1 aliphatic heterocycles. The number of carboxylic acids is 1. The van der Waals surface area contributed by atoms with Gasteiger partial charge in [0.1, 0.15) is 23.8 Å². The summed E-state index contributed by atoms with van der Waals surface area (Å²) in [5.74, 6) is -1.26. The van der Waals surface area contributed by atoms with Crippen LogP contribution in [0.4, 0.5) is 10.5 Å². The van der Waals surface area contributed by atoms with Crippen molar-refractivity contribution < 1.29 is 29.0 Å². The van der Waals surface area contributed by atoms with Crippen LogP contribution in [-0.2, 0) is 16.1 Å². The minimum Gasteiger partial charge on any atom is -0.488 e. The van der Waals surface area contributed by atoms with E-state index < -0.39 is 23.7 Å². The molecular formula is C30H34BrN3O6. The third-order valence-corrected chi connectivity index (χ3v) is 7.46. The maximum Gasteiger partial charge on any atom is 0.410 e. The number of aromatic carboxylic acids is 1. The van der Waals surface area contributed by atoms with Gasteiger partial charge in [0.2, 0.25) is 5.91 Å². The first-order valence-electron chi connectivity index (χ1n) is 13.0. The Labute approximate surface area is 242 Å². The minimum absolute atomic E-state index is 0.0189. The summed E-state index contributed by atoms with van der Waals surface area (Å²) >= 11 is 3.60. The van der Waals surface area contributed by atoms with Gasteiger partial charge in [-0.25, -0.2) is 9.59 Å². The van der Waals surface area contributed by atoms with Crippen LogP contribution in [0.5, 0.6) is 5.75 Å². The topological polar surface area (TPSA) is 108 Å². The highest BCUT2D eigenvalue weighted by Crippen LogP contribution is 2.37.